The molecule has 2 amide bonds. The molecule has 7 nitrogen and oxygen atoms in total. The molecule has 0 unspecified atom stereocenters. The van der Waals surface area contributed by atoms with Gasteiger partial charge in [0.1, 0.15) is 6.04 Å². The molecule has 2 aromatic carbocycles. The summed E-state index contributed by atoms with van der Waals surface area (Å²) in [6.45, 7) is 2.26. The van der Waals surface area contributed by atoms with Gasteiger partial charge in [0.05, 0.1) is 15.0 Å². The van der Waals surface area contributed by atoms with E-state index >= 15 is 0 Å². The Balaban J connectivity index is 1.78. The van der Waals surface area contributed by atoms with Gasteiger partial charge in [0, 0.05) is 36.5 Å². The monoisotopic (exact) mass is 407 g/mol. The SMILES string of the molecule is C[C@@H]1C(=O)N(c2ccc([N+](=O)[O-])cc2)CCN1C(=O)c1ccc(Cl)c(Cl)c1. The maximum Gasteiger partial charge on any atom is 0.269 e. The molecule has 1 heterocycles. The molecule has 3 rings (SSSR count). The molecule has 0 saturated carbocycles. The van der Waals surface area contributed by atoms with Crippen molar-refractivity contribution in [3.05, 3.63) is 68.2 Å². The molecule has 1 aliphatic heterocycles. The van der Waals surface area contributed by atoms with Gasteiger partial charge in [0.15, 0.2) is 0 Å². The van der Waals surface area contributed by atoms with Crippen LogP contribution in [0.4, 0.5) is 11.4 Å². The predicted octanol–water partition coefficient (Wildman–Crippen LogP) is 3.78. The molecule has 1 atom stereocenters. The van der Waals surface area contributed by atoms with Crippen LogP contribution in [-0.2, 0) is 4.79 Å². The highest BCUT2D eigenvalue weighted by atomic mass is 35.5. The maximum absolute atomic E-state index is 12.8. The van der Waals surface area contributed by atoms with Crippen LogP contribution in [0.2, 0.25) is 10.0 Å². The molecule has 9 heteroatoms. The first-order chi connectivity index (χ1) is 12.8. The Morgan fingerprint density at radius 1 is 1.11 bits per heavy atom. The van der Waals surface area contributed by atoms with Crippen LogP contribution in [0.1, 0.15) is 17.3 Å². The summed E-state index contributed by atoms with van der Waals surface area (Å²) in [6, 6.07) is 9.65. The van der Waals surface area contributed by atoms with E-state index in [0.29, 0.717) is 22.8 Å². The van der Waals surface area contributed by atoms with E-state index in [9.17, 15) is 19.7 Å². The van der Waals surface area contributed by atoms with Crippen molar-refractivity contribution < 1.29 is 14.5 Å². The molecular formula is C18H15Cl2N3O4. The summed E-state index contributed by atoms with van der Waals surface area (Å²) in [6.07, 6.45) is 0. The molecule has 0 radical (unpaired) electrons. The molecular weight excluding hydrogens is 393 g/mol. The Labute approximate surface area is 165 Å². The van der Waals surface area contributed by atoms with Crippen molar-refractivity contribution in [1.82, 2.24) is 4.90 Å². The van der Waals surface area contributed by atoms with E-state index in [1.165, 1.54) is 46.2 Å². The Morgan fingerprint density at radius 2 is 1.78 bits per heavy atom. The first-order valence-corrected chi connectivity index (χ1v) is 8.87. The van der Waals surface area contributed by atoms with E-state index in [0.717, 1.165) is 0 Å². The lowest BCUT2D eigenvalue weighted by Gasteiger charge is -2.39. The number of nitrogens with zero attached hydrogens (tertiary/aromatic N) is 3. The highest BCUT2D eigenvalue weighted by molar-refractivity contribution is 6.42. The van der Waals surface area contributed by atoms with Crippen molar-refractivity contribution in [2.24, 2.45) is 0 Å². The summed E-state index contributed by atoms with van der Waals surface area (Å²) in [7, 11) is 0. The molecule has 140 valence electrons. The number of non-ortho nitro benzene ring substituents is 1. The van der Waals surface area contributed by atoms with E-state index < -0.39 is 11.0 Å². The summed E-state index contributed by atoms with van der Waals surface area (Å²) >= 11 is 11.9. The number of hydrogen-bond acceptors (Lipinski definition) is 4. The van der Waals surface area contributed by atoms with Gasteiger partial charge in [-0.15, -0.1) is 0 Å². The average Bonchev–Trinajstić information content (AvgIpc) is 2.65. The van der Waals surface area contributed by atoms with Gasteiger partial charge in [-0.2, -0.15) is 0 Å². The molecule has 0 aromatic heterocycles. The number of halogens is 2. The number of carbonyl (C=O) groups excluding carboxylic acids is 2. The fourth-order valence-corrected chi connectivity index (χ4v) is 3.25. The van der Waals surface area contributed by atoms with Gasteiger partial charge >= 0.3 is 0 Å². The second-order valence-electron chi connectivity index (χ2n) is 6.07. The standard InChI is InChI=1S/C18H15Cl2N3O4/c1-11-17(24)22(13-3-5-14(6-4-13)23(26)27)9-8-21(11)18(25)12-2-7-15(19)16(20)10-12/h2-7,10-11H,8-9H2,1H3/t11-/m1/s1. The van der Waals surface area contributed by atoms with Crippen LogP contribution >= 0.6 is 23.2 Å². The van der Waals surface area contributed by atoms with Crippen molar-refractivity contribution in [2.75, 3.05) is 18.0 Å². The van der Waals surface area contributed by atoms with Gasteiger partial charge in [-0.1, -0.05) is 23.2 Å². The van der Waals surface area contributed by atoms with Gasteiger partial charge in [-0.3, -0.25) is 19.7 Å². The quantitative estimate of drug-likeness (QED) is 0.572. The molecule has 0 N–H and O–H groups in total. The van der Waals surface area contributed by atoms with Crippen LogP contribution in [0.25, 0.3) is 0 Å². The second-order valence-corrected chi connectivity index (χ2v) is 6.88. The number of anilines is 1. The van der Waals surface area contributed by atoms with E-state index in [1.54, 1.807) is 13.0 Å². The zero-order valence-corrected chi connectivity index (χ0v) is 15.8. The molecule has 0 bridgehead atoms. The van der Waals surface area contributed by atoms with Crippen LogP contribution < -0.4 is 4.90 Å². The van der Waals surface area contributed by atoms with Crippen molar-refractivity contribution in [2.45, 2.75) is 13.0 Å². The number of nitro benzene ring substituents is 1. The number of piperazine rings is 1. The fraction of sp³-hybridized carbons (Fsp3) is 0.222. The third-order valence-electron chi connectivity index (χ3n) is 4.46. The summed E-state index contributed by atoms with van der Waals surface area (Å²) < 4.78 is 0. The smallest absolute Gasteiger partial charge is 0.269 e. The van der Waals surface area contributed by atoms with Crippen LogP contribution in [-0.4, -0.2) is 40.8 Å². The first-order valence-electron chi connectivity index (χ1n) is 8.11. The number of benzene rings is 2. The largest absolute Gasteiger partial charge is 0.325 e. The highest BCUT2D eigenvalue weighted by Gasteiger charge is 2.35. The van der Waals surface area contributed by atoms with Crippen molar-refractivity contribution in [1.29, 1.82) is 0 Å². The third-order valence-corrected chi connectivity index (χ3v) is 5.19. The second kappa shape index (κ2) is 7.54. The van der Waals surface area contributed by atoms with E-state index in [1.807, 2.05) is 0 Å². The molecule has 27 heavy (non-hydrogen) atoms. The molecule has 2 aromatic rings. The van der Waals surface area contributed by atoms with Gasteiger partial charge in [-0.05, 0) is 37.3 Å². The minimum Gasteiger partial charge on any atom is -0.325 e. The molecule has 0 aliphatic carbocycles. The summed E-state index contributed by atoms with van der Waals surface area (Å²) in [5, 5.41) is 11.4. The summed E-state index contributed by atoms with van der Waals surface area (Å²) in [4.78, 5) is 38.8. The fourth-order valence-electron chi connectivity index (χ4n) is 2.95. The Morgan fingerprint density at radius 3 is 2.37 bits per heavy atom. The van der Waals surface area contributed by atoms with E-state index in [2.05, 4.69) is 0 Å². The van der Waals surface area contributed by atoms with E-state index in [-0.39, 0.29) is 29.1 Å². The first kappa shape index (κ1) is 19.1. The lowest BCUT2D eigenvalue weighted by Crippen LogP contribution is -2.57. The lowest BCUT2D eigenvalue weighted by atomic mass is 10.1. The van der Waals surface area contributed by atoms with Crippen molar-refractivity contribution in [3.63, 3.8) is 0 Å². The van der Waals surface area contributed by atoms with Crippen LogP contribution in [0.5, 0.6) is 0 Å². The minimum atomic E-state index is -0.684. The molecule has 1 fully saturated rings. The van der Waals surface area contributed by atoms with Crippen LogP contribution in [0, 0.1) is 10.1 Å². The highest BCUT2D eigenvalue weighted by Crippen LogP contribution is 2.26. The topological polar surface area (TPSA) is 83.8 Å². The Hall–Kier alpha value is -2.64. The number of rotatable bonds is 3. The number of hydrogen-bond donors (Lipinski definition) is 0. The Bertz CT molecular complexity index is 917. The minimum absolute atomic E-state index is 0.0484. The van der Waals surface area contributed by atoms with Crippen LogP contribution in [0.15, 0.2) is 42.5 Å². The predicted molar refractivity (Wildman–Crippen MR) is 102 cm³/mol. The van der Waals surface area contributed by atoms with Crippen molar-refractivity contribution in [3.8, 4) is 0 Å². The lowest BCUT2D eigenvalue weighted by molar-refractivity contribution is -0.384. The number of carbonyl (C=O) groups is 2. The number of nitro groups is 1. The molecule has 1 saturated heterocycles. The van der Waals surface area contributed by atoms with Gasteiger partial charge in [0.25, 0.3) is 11.6 Å². The van der Waals surface area contributed by atoms with Crippen LogP contribution in [0.3, 0.4) is 0 Å². The van der Waals surface area contributed by atoms with Crippen molar-refractivity contribution >= 4 is 46.4 Å². The normalized spacial score (nSPS) is 17.1. The van der Waals surface area contributed by atoms with Gasteiger partial charge in [0.2, 0.25) is 5.91 Å². The average molecular weight is 408 g/mol. The molecule has 1 aliphatic rings. The van der Waals surface area contributed by atoms with Gasteiger partial charge in [-0.25, -0.2) is 0 Å². The van der Waals surface area contributed by atoms with E-state index in [4.69, 9.17) is 23.2 Å². The third kappa shape index (κ3) is 3.74. The zero-order valence-electron chi connectivity index (χ0n) is 14.3. The summed E-state index contributed by atoms with van der Waals surface area (Å²) in [5.74, 6) is -0.568. The Kier molecular flexibility index (Phi) is 5.34. The number of amides is 2. The van der Waals surface area contributed by atoms with Gasteiger partial charge < -0.3 is 9.80 Å². The maximum atomic E-state index is 12.8. The zero-order chi connectivity index (χ0) is 19.7. The molecule has 0 spiro atoms. The summed E-state index contributed by atoms with van der Waals surface area (Å²) in [5.41, 5.74) is 0.861.